The van der Waals surface area contributed by atoms with Crippen LogP contribution in [0.25, 0.3) is 0 Å². The van der Waals surface area contributed by atoms with E-state index in [1.807, 2.05) is 4.90 Å². The largest absolute Gasteiger partial charge is 0.379 e. The molecular weight excluding hydrogens is 338 g/mol. The van der Waals surface area contributed by atoms with E-state index in [1.54, 1.807) is 18.4 Å². The maximum atomic E-state index is 12.4. The normalized spacial score (nSPS) is 18.8. The van der Waals surface area contributed by atoms with Crippen LogP contribution in [0.3, 0.4) is 0 Å². The number of fused-ring (bicyclic) bond motifs is 1. The van der Waals surface area contributed by atoms with Crippen LogP contribution in [0.1, 0.15) is 10.4 Å². The number of aliphatic imine (C=N–C) groups is 1. The van der Waals surface area contributed by atoms with Crippen LogP contribution in [0.5, 0.6) is 0 Å². The lowest BCUT2D eigenvalue weighted by atomic mass is 10.1. The predicted octanol–water partition coefficient (Wildman–Crippen LogP) is 0.130. The highest BCUT2D eigenvalue weighted by molar-refractivity contribution is 7.10. The average molecular weight is 366 g/mol. The Morgan fingerprint density at radius 1 is 1.32 bits per heavy atom. The van der Waals surface area contributed by atoms with Gasteiger partial charge in [0.1, 0.15) is 0 Å². The van der Waals surface area contributed by atoms with Crippen molar-refractivity contribution in [1.29, 1.82) is 0 Å². The van der Waals surface area contributed by atoms with Crippen LogP contribution < -0.4 is 10.6 Å². The summed E-state index contributed by atoms with van der Waals surface area (Å²) in [4.78, 5) is 22.3. The van der Waals surface area contributed by atoms with E-state index in [4.69, 9.17) is 4.74 Å². The molecule has 8 heteroatoms. The van der Waals surface area contributed by atoms with Crippen LogP contribution in [0.2, 0.25) is 0 Å². The second-order valence-electron chi connectivity index (χ2n) is 6.24. The molecule has 1 fully saturated rings. The minimum absolute atomic E-state index is 0.118. The lowest BCUT2D eigenvalue weighted by Gasteiger charge is -2.28. The number of nitrogens with zero attached hydrogens (tertiary/aromatic N) is 3. The van der Waals surface area contributed by atoms with Crippen molar-refractivity contribution in [2.45, 2.75) is 13.0 Å². The summed E-state index contributed by atoms with van der Waals surface area (Å²) in [5, 5.41) is 8.51. The van der Waals surface area contributed by atoms with Crippen LogP contribution >= 0.6 is 11.3 Å². The number of ether oxygens (including phenoxy) is 1. The standard InChI is InChI=1S/C17H27N5O2S/c1-18-17(19-4-6-21-7-9-24-10-8-21)20-12-16(23)22-5-2-15-14(13-22)3-11-25-15/h3,11H,2,4-10,12-13H2,1H3,(H2,18,19,20). The lowest BCUT2D eigenvalue weighted by Crippen LogP contribution is -2.47. The molecule has 0 atom stereocenters. The third kappa shape index (κ3) is 5.17. The van der Waals surface area contributed by atoms with Gasteiger partial charge in [-0.3, -0.25) is 14.7 Å². The number of morpholine rings is 1. The average Bonchev–Trinajstić information content (AvgIpc) is 3.13. The van der Waals surface area contributed by atoms with E-state index in [1.165, 1.54) is 10.4 Å². The molecule has 2 aliphatic heterocycles. The highest BCUT2D eigenvalue weighted by Gasteiger charge is 2.21. The first-order valence-electron chi connectivity index (χ1n) is 8.84. The zero-order chi connectivity index (χ0) is 17.5. The summed E-state index contributed by atoms with van der Waals surface area (Å²) in [6, 6.07) is 2.12. The summed E-state index contributed by atoms with van der Waals surface area (Å²) in [5.41, 5.74) is 1.29. The summed E-state index contributed by atoms with van der Waals surface area (Å²) in [6.07, 6.45) is 0.964. The number of carbonyl (C=O) groups excluding carboxylic acids is 1. The molecule has 0 spiro atoms. The first-order valence-corrected chi connectivity index (χ1v) is 9.72. The highest BCUT2D eigenvalue weighted by atomic mass is 32.1. The summed E-state index contributed by atoms with van der Waals surface area (Å²) in [6.45, 7) is 7.13. The van der Waals surface area contributed by atoms with E-state index in [9.17, 15) is 4.79 Å². The fourth-order valence-corrected chi connectivity index (χ4v) is 4.00. The summed E-state index contributed by atoms with van der Waals surface area (Å²) < 4.78 is 5.35. The van der Waals surface area contributed by atoms with Crippen molar-refractivity contribution in [3.05, 3.63) is 21.9 Å². The van der Waals surface area contributed by atoms with Gasteiger partial charge in [0.25, 0.3) is 0 Å². The molecule has 3 rings (SSSR count). The minimum atomic E-state index is 0.118. The summed E-state index contributed by atoms with van der Waals surface area (Å²) in [5.74, 6) is 0.794. The van der Waals surface area contributed by atoms with E-state index in [-0.39, 0.29) is 12.5 Å². The lowest BCUT2D eigenvalue weighted by molar-refractivity contribution is -0.130. The highest BCUT2D eigenvalue weighted by Crippen LogP contribution is 2.23. The monoisotopic (exact) mass is 365 g/mol. The number of hydrogen-bond acceptors (Lipinski definition) is 5. The molecule has 1 amide bonds. The molecule has 1 saturated heterocycles. The maximum absolute atomic E-state index is 12.4. The predicted molar refractivity (Wildman–Crippen MR) is 100 cm³/mol. The van der Waals surface area contributed by atoms with Gasteiger partial charge in [0.05, 0.1) is 19.8 Å². The van der Waals surface area contributed by atoms with Crippen LogP contribution in [0, 0.1) is 0 Å². The van der Waals surface area contributed by atoms with Gasteiger partial charge in [-0.1, -0.05) is 0 Å². The molecule has 2 aliphatic rings. The second kappa shape index (κ2) is 9.17. The molecule has 0 unspecified atom stereocenters. The van der Waals surface area contributed by atoms with E-state index in [0.717, 1.165) is 58.9 Å². The van der Waals surface area contributed by atoms with Crippen molar-refractivity contribution < 1.29 is 9.53 Å². The van der Waals surface area contributed by atoms with Gasteiger partial charge < -0.3 is 20.3 Å². The van der Waals surface area contributed by atoms with E-state index in [0.29, 0.717) is 5.96 Å². The van der Waals surface area contributed by atoms with Crippen LogP contribution in [-0.4, -0.2) is 81.2 Å². The van der Waals surface area contributed by atoms with Gasteiger partial charge in [0.15, 0.2) is 5.96 Å². The number of hydrogen-bond donors (Lipinski definition) is 2. The minimum Gasteiger partial charge on any atom is -0.379 e. The van der Waals surface area contributed by atoms with Gasteiger partial charge in [0.2, 0.25) is 5.91 Å². The van der Waals surface area contributed by atoms with Crippen molar-refractivity contribution in [2.24, 2.45) is 4.99 Å². The fourth-order valence-electron chi connectivity index (χ4n) is 3.11. The van der Waals surface area contributed by atoms with Crippen LogP contribution in [-0.2, 0) is 22.5 Å². The molecule has 25 heavy (non-hydrogen) atoms. The van der Waals surface area contributed by atoms with Crippen LogP contribution in [0.15, 0.2) is 16.4 Å². The Morgan fingerprint density at radius 2 is 2.16 bits per heavy atom. The number of amides is 1. The van der Waals surface area contributed by atoms with Gasteiger partial charge in [-0.25, -0.2) is 0 Å². The zero-order valence-electron chi connectivity index (χ0n) is 14.8. The molecular formula is C17H27N5O2S. The Balaban J connectivity index is 1.37. The summed E-state index contributed by atoms with van der Waals surface area (Å²) >= 11 is 1.79. The molecule has 1 aromatic heterocycles. The smallest absolute Gasteiger partial charge is 0.242 e. The molecule has 0 saturated carbocycles. The second-order valence-corrected chi connectivity index (χ2v) is 7.24. The Morgan fingerprint density at radius 3 is 2.96 bits per heavy atom. The molecule has 0 radical (unpaired) electrons. The van der Waals surface area contributed by atoms with Crippen molar-refractivity contribution in [2.75, 3.05) is 59.5 Å². The molecule has 3 heterocycles. The Bertz CT molecular complexity index is 598. The first kappa shape index (κ1) is 18.2. The van der Waals surface area contributed by atoms with Gasteiger partial charge in [-0.15, -0.1) is 11.3 Å². The molecule has 2 N–H and O–H groups in total. The van der Waals surface area contributed by atoms with Crippen LogP contribution in [0.4, 0.5) is 0 Å². The Hall–Kier alpha value is -1.64. The van der Waals surface area contributed by atoms with Gasteiger partial charge >= 0.3 is 0 Å². The molecule has 0 aliphatic carbocycles. The van der Waals surface area contributed by atoms with Gasteiger partial charge in [-0.2, -0.15) is 0 Å². The van der Waals surface area contributed by atoms with E-state index in [2.05, 4.69) is 32.0 Å². The molecule has 7 nitrogen and oxygen atoms in total. The number of guanidine groups is 1. The van der Waals surface area contributed by atoms with Gasteiger partial charge in [-0.05, 0) is 23.4 Å². The molecule has 0 bridgehead atoms. The number of carbonyl (C=O) groups is 1. The number of nitrogens with one attached hydrogen (secondary N) is 2. The van der Waals surface area contributed by atoms with Crippen molar-refractivity contribution in [3.8, 4) is 0 Å². The zero-order valence-corrected chi connectivity index (χ0v) is 15.6. The SMILES string of the molecule is CN=C(NCCN1CCOCC1)NCC(=O)N1CCc2sccc2C1. The third-order valence-corrected chi connectivity index (χ3v) is 5.64. The summed E-state index contributed by atoms with van der Waals surface area (Å²) in [7, 11) is 1.73. The van der Waals surface area contributed by atoms with Crippen molar-refractivity contribution in [1.82, 2.24) is 20.4 Å². The third-order valence-electron chi connectivity index (χ3n) is 4.62. The molecule has 138 valence electrons. The molecule has 1 aromatic rings. The van der Waals surface area contributed by atoms with E-state index < -0.39 is 0 Å². The Kier molecular flexibility index (Phi) is 6.66. The molecule has 0 aromatic carbocycles. The van der Waals surface area contributed by atoms with E-state index >= 15 is 0 Å². The maximum Gasteiger partial charge on any atom is 0.242 e. The first-order chi connectivity index (χ1) is 12.3. The fraction of sp³-hybridized carbons (Fsp3) is 0.647. The van der Waals surface area contributed by atoms with Gasteiger partial charge in [0, 0.05) is 51.2 Å². The van der Waals surface area contributed by atoms with Crippen molar-refractivity contribution >= 4 is 23.2 Å². The number of rotatable bonds is 5. The Labute approximate surface area is 153 Å². The number of thiophene rings is 1. The van der Waals surface area contributed by atoms with Crippen molar-refractivity contribution in [3.63, 3.8) is 0 Å². The topological polar surface area (TPSA) is 69.2 Å². The quantitative estimate of drug-likeness (QED) is 0.573.